The molecule has 4 aromatic rings. The molecule has 0 bridgehead atoms. The summed E-state index contributed by atoms with van der Waals surface area (Å²) in [6.45, 7) is 4.23. The molecule has 1 aliphatic heterocycles. The maximum atomic E-state index is 11.9. The Bertz CT molecular complexity index is 1420. The van der Waals surface area contributed by atoms with Crippen molar-refractivity contribution < 1.29 is 24.2 Å². The zero-order valence-corrected chi connectivity index (χ0v) is 22.7. The molecule has 0 spiro atoms. The van der Waals surface area contributed by atoms with Crippen molar-refractivity contribution in [3.63, 3.8) is 0 Å². The Kier molecular flexibility index (Phi) is 8.91. The van der Waals surface area contributed by atoms with Crippen LogP contribution in [-0.2, 0) is 11.2 Å². The minimum Gasteiger partial charge on any atom is -0.550 e. The van der Waals surface area contributed by atoms with E-state index >= 15 is 0 Å². The summed E-state index contributed by atoms with van der Waals surface area (Å²) >= 11 is 1.71. The summed E-state index contributed by atoms with van der Waals surface area (Å²) in [7, 11) is 0. The van der Waals surface area contributed by atoms with E-state index < -0.39 is 5.97 Å². The molecule has 5 rings (SSSR count). The number of fused-ring (bicyclic) bond motifs is 1. The Morgan fingerprint density at radius 2 is 1.77 bits per heavy atom. The summed E-state index contributed by atoms with van der Waals surface area (Å²) in [4.78, 5) is 26.1. The monoisotopic (exact) mass is 542 g/mol. The molecule has 1 aliphatic rings. The van der Waals surface area contributed by atoms with Crippen LogP contribution in [0.5, 0.6) is 11.5 Å². The standard InChI is InChI=1S/C32H33NO5S/c34-22-25-21-24(11-14-29(25)38-18-5-8-31(35)36)32-28(27-6-1-2-7-30(27)39-32)20-23-9-12-26(13-10-23)37-19-17-33-15-3-4-16-33/h1-2,6-7,9-14,21-22H,3-5,8,15-20H2,(H,35,36)/p-1. The van der Waals surface area contributed by atoms with Crippen molar-refractivity contribution in [3.05, 3.63) is 83.4 Å². The lowest BCUT2D eigenvalue weighted by molar-refractivity contribution is -0.305. The fourth-order valence-corrected chi connectivity index (χ4v) is 6.24. The van der Waals surface area contributed by atoms with Crippen LogP contribution in [-0.4, -0.2) is 50.0 Å². The number of carbonyl (C=O) groups is 2. The molecule has 6 nitrogen and oxygen atoms in total. The van der Waals surface area contributed by atoms with Crippen molar-refractivity contribution in [1.29, 1.82) is 0 Å². The Morgan fingerprint density at radius 3 is 2.54 bits per heavy atom. The number of hydrogen-bond donors (Lipinski definition) is 0. The smallest absolute Gasteiger partial charge is 0.153 e. The normalized spacial score (nSPS) is 13.5. The maximum Gasteiger partial charge on any atom is 0.153 e. The van der Waals surface area contributed by atoms with Gasteiger partial charge in [0.2, 0.25) is 0 Å². The van der Waals surface area contributed by atoms with E-state index in [0.29, 0.717) is 24.3 Å². The minimum absolute atomic E-state index is 0.0780. The third-order valence-corrected chi connectivity index (χ3v) is 8.32. The van der Waals surface area contributed by atoms with Crippen molar-refractivity contribution in [3.8, 4) is 21.9 Å². The molecule has 1 aromatic heterocycles. The molecule has 0 atom stereocenters. The van der Waals surface area contributed by atoms with Gasteiger partial charge in [-0.2, -0.15) is 0 Å². The predicted octanol–water partition coefficient (Wildman–Crippen LogP) is 5.36. The van der Waals surface area contributed by atoms with Gasteiger partial charge in [-0.25, -0.2) is 0 Å². The van der Waals surface area contributed by atoms with Gasteiger partial charge in [0.1, 0.15) is 18.1 Å². The van der Waals surface area contributed by atoms with Crippen molar-refractivity contribution in [1.82, 2.24) is 4.90 Å². The number of aldehydes is 1. The minimum atomic E-state index is -1.11. The molecular weight excluding hydrogens is 510 g/mol. The fourth-order valence-electron chi connectivity index (χ4n) is 5.03. The van der Waals surface area contributed by atoms with Gasteiger partial charge < -0.3 is 19.4 Å². The summed E-state index contributed by atoms with van der Waals surface area (Å²) in [6.07, 6.45) is 4.36. The molecule has 0 unspecified atom stereocenters. The summed E-state index contributed by atoms with van der Waals surface area (Å²) in [6, 6.07) is 22.3. The van der Waals surface area contributed by atoms with Crippen molar-refractivity contribution in [2.75, 3.05) is 32.8 Å². The van der Waals surface area contributed by atoms with Gasteiger partial charge in [-0.1, -0.05) is 30.3 Å². The molecular formula is C32H32NO5S-. The van der Waals surface area contributed by atoms with Gasteiger partial charge in [0.15, 0.2) is 6.29 Å². The number of nitrogens with zero attached hydrogens (tertiary/aromatic N) is 1. The highest BCUT2D eigenvalue weighted by atomic mass is 32.1. The van der Waals surface area contributed by atoms with Crippen LogP contribution in [0.15, 0.2) is 66.7 Å². The van der Waals surface area contributed by atoms with Gasteiger partial charge in [-0.3, -0.25) is 9.69 Å². The predicted molar refractivity (Wildman–Crippen MR) is 153 cm³/mol. The van der Waals surface area contributed by atoms with Gasteiger partial charge in [0, 0.05) is 22.1 Å². The summed E-state index contributed by atoms with van der Waals surface area (Å²) in [5.74, 6) is 0.232. The fraction of sp³-hybridized carbons (Fsp3) is 0.312. The molecule has 0 amide bonds. The first-order valence-electron chi connectivity index (χ1n) is 13.5. The maximum absolute atomic E-state index is 11.9. The molecule has 202 valence electrons. The number of rotatable bonds is 13. The second-order valence-electron chi connectivity index (χ2n) is 9.82. The largest absolute Gasteiger partial charge is 0.550 e. The molecule has 0 saturated carbocycles. The molecule has 7 heteroatoms. The average Bonchev–Trinajstić information content (AvgIpc) is 3.60. The molecule has 1 fully saturated rings. The molecule has 2 heterocycles. The number of likely N-dealkylation sites (tertiary alicyclic amines) is 1. The first-order valence-corrected chi connectivity index (χ1v) is 14.3. The van der Waals surface area contributed by atoms with E-state index in [9.17, 15) is 14.7 Å². The molecule has 39 heavy (non-hydrogen) atoms. The SMILES string of the molecule is O=Cc1cc(-c2sc3ccccc3c2Cc2ccc(OCCN3CCCC3)cc2)ccc1OCCCC(=O)[O-]. The van der Waals surface area contributed by atoms with Gasteiger partial charge >= 0.3 is 0 Å². The Balaban J connectivity index is 1.33. The second-order valence-corrected chi connectivity index (χ2v) is 10.9. The molecule has 3 aromatic carbocycles. The van der Waals surface area contributed by atoms with E-state index in [1.54, 1.807) is 17.4 Å². The van der Waals surface area contributed by atoms with E-state index in [4.69, 9.17) is 9.47 Å². The average molecular weight is 543 g/mol. The van der Waals surface area contributed by atoms with E-state index in [0.717, 1.165) is 35.4 Å². The molecule has 0 N–H and O–H groups in total. The first-order chi connectivity index (χ1) is 19.1. The summed E-state index contributed by atoms with van der Waals surface area (Å²) in [5, 5.41) is 11.9. The zero-order chi connectivity index (χ0) is 27.0. The first kappa shape index (κ1) is 26.9. The number of carbonyl (C=O) groups excluding carboxylic acids is 2. The van der Waals surface area contributed by atoms with Crippen molar-refractivity contribution >= 4 is 33.7 Å². The zero-order valence-electron chi connectivity index (χ0n) is 21.9. The Morgan fingerprint density at radius 1 is 0.974 bits per heavy atom. The van der Waals surface area contributed by atoms with E-state index in [1.807, 2.05) is 30.3 Å². The Labute approximate surface area is 232 Å². The highest BCUT2D eigenvalue weighted by Crippen LogP contribution is 2.41. The van der Waals surface area contributed by atoms with Crippen LogP contribution in [0.3, 0.4) is 0 Å². The topological polar surface area (TPSA) is 78.9 Å². The van der Waals surface area contributed by atoms with Crippen LogP contribution in [0.1, 0.15) is 47.2 Å². The van der Waals surface area contributed by atoms with Crippen molar-refractivity contribution in [2.45, 2.75) is 32.1 Å². The summed E-state index contributed by atoms with van der Waals surface area (Å²) < 4.78 is 12.9. The number of carboxylic acid groups (broad SMARTS) is 1. The summed E-state index contributed by atoms with van der Waals surface area (Å²) in [5.41, 5.74) is 3.81. The highest BCUT2D eigenvalue weighted by Gasteiger charge is 2.16. The van der Waals surface area contributed by atoms with Crippen LogP contribution >= 0.6 is 11.3 Å². The van der Waals surface area contributed by atoms with Gasteiger partial charge in [-0.15, -0.1) is 11.3 Å². The number of aliphatic carboxylic acids is 1. The molecule has 0 aliphatic carbocycles. The second kappa shape index (κ2) is 12.9. The number of benzene rings is 3. The lowest BCUT2D eigenvalue weighted by Gasteiger charge is -2.15. The van der Waals surface area contributed by atoms with Gasteiger partial charge in [0.25, 0.3) is 0 Å². The van der Waals surface area contributed by atoms with Crippen LogP contribution in [0.2, 0.25) is 0 Å². The van der Waals surface area contributed by atoms with Crippen LogP contribution < -0.4 is 14.6 Å². The lowest BCUT2D eigenvalue weighted by Crippen LogP contribution is -2.25. The Hall–Kier alpha value is -3.68. The third kappa shape index (κ3) is 6.85. The molecule has 1 saturated heterocycles. The number of thiophene rings is 1. The van der Waals surface area contributed by atoms with Crippen LogP contribution in [0, 0.1) is 0 Å². The van der Waals surface area contributed by atoms with Crippen LogP contribution in [0.25, 0.3) is 20.5 Å². The van der Waals surface area contributed by atoms with Gasteiger partial charge in [0.05, 0.1) is 12.2 Å². The molecule has 0 radical (unpaired) electrons. The van der Waals surface area contributed by atoms with E-state index in [-0.39, 0.29) is 13.0 Å². The van der Waals surface area contributed by atoms with Crippen molar-refractivity contribution in [2.24, 2.45) is 0 Å². The quantitative estimate of drug-likeness (QED) is 0.167. The lowest BCUT2D eigenvalue weighted by atomic mass is 9.98. The number of hydrogen-bond acceptors (Lipinski definition) is 7. The number of ether oxygens (including phenoxy) is 2. The third-order valence-electron chi connectivity index (χ3n) is 7.06. The van der Waals surface area contributed by atoms with Gasteiger partial charge in [-0.05, 0) is 104 Å². The number of carboxylic acids is 1. The highest BCUT2D eigenvalue weighted by molar-refractivity contribution is 7.22. The van der Waals surface area contributed by atoms with E-state index in [1.165, 1.54) is 47.1 Å². The van der Waals surface area contributed by atoms with Crippen LogP contribution in [0.4, 0.5) is 0 Å². The van der Waals surface area contributed by atoms with E-state index in [2.05, 4.69) is 35.2 Å².